The monoisotopic (exact) mass is 340 g/mol. The van der Waals surface area contributed by atoms with E-state index in [1.54, 1.807) is 6.07 Å². The minimum Gasteiger partial charge on any atom is -0.377 e. The first-order valence-corrected chi connectivity index (χ1v) is 6.41. The molecule has 0 atom stereocenters. The molecule has 0 spiro atoms. The van der Waals surface area contributed by atoms with Gasteiger partial charge >= 0.3 is 0 Å². The Morgan fingerprint density at radius 2 is 2.19 bits per heavy atom. The number of halogens is 4. The molecule has 0 saturated carbocycles. The van der Waals surface area contributed by atoms with E-state index in [2.05, 4.69) is 10.4 Å². The lowest BCUT2D eigenvalue weighted by atomic mass is 10.3. The summed E-state index contributed by atoms with van der Waals surface area (Å²) in [4.78, 5) is 11.9. The number of primary amides is 1. The predicted octanol–water partition coefficient (Wildman–Crippen LogP) is 2.48. The quantitative estimate of drug-likeness (QED) is 0.848. The molecule has 0 radical (unpaired) electrons. The lowest BCUT2D eigenvalue weighted by Crippen LogP contribution is -2.15. The zero-order valence-corrected chi connectivity index (χ0v) is 12.2. The van der Waals surface area contributed by atoms with Crippen LogP contribution in [0.15, 0.2) is 18.3 Å². The van der Waals surface area contributed by atoms with E-state index in [0.717, 1.165) is 16.0 Å². The van der Waals surface area contributed by atoms with Crippen molar-refractivity contribution in [2.24, 2.45) is 5.73 Å². The molecule has 10 heteroatoms. The van der Waals surface area contributed by atoms with Crippen LogP contribution in [-0.2, 0) is 13.1 Å². The molecule has 0 bridgehead atoms. The van der Waals surface area contributed by atoms with Gasteiger partial charge in [0.2, 0.25) is 0 Å². The molecule has 0 aliphatic rings. The van der Waals surface area contributed by atoms with Gasteiger partial charge in [-0.25, -0.2) is 8.78 Å². The topological polar surface area (TPSA) is 72.9 Å². The van der Waals surface area contributed by atoms with Gasteiger partial charge in [0.1, 0.15) is 6.54 Å². The number of anilines is 1. The summed E-state index contributed by atoms with van der Waals surface area (Å²) < 4.78 is 38.3. The van der Waals surface area contributed by atoms with Crippen LogP contribution in [0.1, 0.15) is 15.4 Å². The van der Waals surface area contributed by atoms with Gasteiger partial charge in [-0.15, -0.1) is 23.7 Å². The number of nitrogens with two attached hydrogens (primary N) is 1. The minimum atomic E-state index is -2.59. The summed E-state index contributed by atoms with van der Waals surface area (Å²) in [5, 5.41) is 6.20. The second-order valence-electron chi connectivity index (χ2n) is 3.93. The number of alkyl halides is 2. The van der Waals surface area contributed by atoms with E-state index < -0.39 is 18.9 Å². The Kier molecular flexibility index (Phi) is 6.03. The van der Waals surface area contributed by atoms with E-state index in [9.17, 15) is 18.0 Å². The van der Waals surface area contributed by atoms with Gasteiger partial charge in [0, 0.05) is 17.6 Å². The van der Waals surface area contributed by atoms with Gasteiger partial charge < -0.3 is 11.1 Å². The van der Waals surface area contributed by atoms with Crippen molar-refractivity contribution in [2.45, 2.75) is 19.5 Å². The van der Waals surface area contributed by atoms with Crippen molar-refractivity contribution < 1.29 is 18.0 Å². The number of carbonyl (C=O) groups excluding carboxylic acids is 1. The molecule has 3 N–H and O–H groups in total. The van der Waals surface area contributed by atoms with Crippen molar-refractivity contribution >= 4 is 35.3 Å². The summed E-state index contributed by atoms with van der Waals surface area (Å²) in [6.07, 6.45) is -1.31. The van der Waals surface area contributed by atoms with Crippen LogP contribution >= 0.6 is 23.7 Å². The van der Waals surface area contributed by atoms with Gasteiger partial charge in [-0.1, -0.05) is 0 Å². The number of thiophene rings is 1. The summed E-state index contributed by atoms with van der Waals surface area (Å²) in [5.41, 5.74) is 5.25. The fourth-order valence-corrected chi connectivity index (χ4v) is 2.26. The highest BCUT2D eigenvalue weighted by Crippen LogP contribution is 2.19. The number of amides is 1. The maximum Gasteiger partial charge on any atom is 0.271 e. The summed E-state index contributed by atoms with van der Waals surface area (Å²) in [7, 11) is 0. The van der Waals surface area contributed by atoms with E-state index in [4.69, 9.17) is 5.73 Å². The summed E-state index contributed by atoms with van der Waals surface area (Å²) in [6.45, 7) is -0.384. The third-order valence-corrected chi connectivity index (χ3v) is 3.28. The van der Waals surface area contributed by atoms with Crippen LogP contribution in [0.5, 0.6) is 0 Å². The Hall–Kier alpha value is -1.74. The molecular weight excluding hydrogens is 329 g/mol. The SMILES string of the molecule is Cl.NC(=O)c1nn(CC(F)F)cc1NCc1ccc(F)s1. The highest BCUT2D eigenvalue weighted by atomic mass is 35.5. The smallest absolute Gasteiger partial charge is 0.271 e. The van der Waals surface area contributed by atoms with Gasteiger partial charge in [0.15, 0.2) is 10.8 Å². The van der Waals surface area contributed by atoms with Gasteiger partial charge in [0.25, 0.3) is 12.3 Å². The highest BCUT2D eigenvalue weighted by Gasteiger charge is 2.16. The fourth-order valence-electron chi connectivity index (χ4n) is 1.60. The zero-order valence-electron chi connectivity index (χ0n) is 10.6. The normalized spacial score (nSPS) is 10.5. The summed E-state index contributed by atoms with van der Waals surface area (Å²) in [5.74, 6) is -0.821. The number of hydrogen-bond donors (Lipinski definition) is 2. The highest BCUT2D eigenvalue weighted by molar-refractivity contribution is 7.10. The first-order chi connectivity index (χ1) is 9.45. The Morgan fingerprint density at radius 1 is 1.48 bits per heavy atom. The Labute approximate surface area is 128 Å². The maximum atomic E-state index is 12.8. The van der Waals surface area contributed by atoms with Crippen molar-refractivity contribution in [2.75, 3.05) is 5.32 Å². The number of nitrogens with zero attached hydrogens (tertiary/aromatic N) is 2. The average molecular weight is 341 g/mol. The molecule has 1 amide bonds. The maximum absolute atomic E-state index is 12.8. The predicted molar refractivity (Wildman–Crippen MR) is 75.6 cm³/mol. The average Bonchev–Trinajstić information content (AvgIpc) is 2.92. The van der Waals surface area contributed by atoms with E-state index in [0.29, 0.717) is 4.88 Å². The standard InChI is InChI=1S/C11H11F3N4OS.ClH/c12-8(13)5-18-4-7(10(17-18)11(15)19)16-3-6-1-2-9(14)20-6;/h1-2,4,8,16H,3,5H2,(H2,15,19);1H. The Bertz CT molecular complexity index is 616. The third kappa shape index (κ3) is 4.64. The molecule has 116 valence electrons. The van der Waals surface area contributed by atoms with Gasteiger partial charge in [0.05, 0.1) is 5.69 Å². The van der Waals surface area contributed by atoms with E-state index in [-0.39, 0.29) is 35.5 Å². The van der Waals surface area contributed by atoms with Crippen molar-refractivity contribution in [3.8, 4) is 0 Å². The summed E-state index contributed by atoms with van der Waals surface area (Å²) >= 11 is 0.946. The third-order valence-electron chi connectivity index (χ3n) is 2.40. The van der Waals surface area contributed by atoms with Gasteiger partial charge in [-0.05, 0) is 12.1 Å². The Morgan fingerprint density at radius 3 is 2.71 bits per heavy atom. The molecule has 0 aromatic carbocycles. The van der Waals surface area contributed by atoms with E-state index in [1.165, 1.54) is 12.3 Å². The molecule has 0 fully saturated rings. The molecule has 0 aliphatic heterocycles. The van der Waals surface area contributed by atoms with Gasteiger partial charge in [-0.3, -0.25) is 9.48 Å². The lowest BCUT2D eigenvalue weighted by Gasteiger charge is -2.02. The van der Waals surface area contributed by atoms with Crippen LogP contribution < -0.4 is 11.1 Å². The lowest BCUT2D eigenvalue weighted by molar-refractivity contribution is 0.0989. The number of hydrogen-bond acceptors (Lipinski definition) is 4. The second-order valence-corrected chi connectivity index (χ2v) is 5.05. The number of aromatic nitrogens is 2. The molecule has 5 nitrogen and oxygen atoms in total. The molecule has 2 rings (SSSR count). The fraction of sp³-hybridized carbons (Fsp3) is 0.273. The molecule has 0 saturated heterocycles. The molecular formula is C11H12ClF3N4OS. The molecule has 2 aromatic heterocycles. The van der Waals surface area contributed by atoms with Crippen molar-refractivity contribution in [3.05, 3.63) is 34.0 Å². The first kappa shape index (κ1) is 17.3. The van der Waals surface area contributed by atoms with E-state index >= 15 is 0 Å². The molecule has 0 aliphatic carbocycles. The molecule has 2 aromatic rings. The van der Waals surface area contributed by atoms with E-state index in [1.807, 2.05) is 0 Å². The van der Waals surface area contributed by atoms with Crippen LogP contribution in [0.4, 0.5) is 18.9 Å². The number of rotatable bonds is 6. The van der Waals surface area contributed by atoms with Crippen LogP contribution in [0.25, 0.3) is 0 Å². The van der Waals surface area contributed by atoms with Crippen LogP contribution in [0, 0.1) is 5.13 Å². The molecule has 21 heavy (non-hydrogen) atoms. The minimum absolute atomic E-state index is 0. The molecule has 0 unspecified atom stereocenters. The summed E-state index contributed by atoms with van der Waals surface area (Å²) in [6, 6.07) is 2.90. The Balaban J connectivity index is 0.00000220. The molecule has 2 heterocycles. The largest absolute Gasteiger partial charge is 0.377 e. The van der Waals surface area contributed by atoms with Crippen LogP contribution in [0.3, 0.4) is 0 Å². The van der Waals surface area contributed by atoms with Crippen molar-refractivity contribution in [1.29, 1.82) is 0 Å². The number of nitrogens with one attached hydrogen (secondary N) is 1. The first-order valence-electron chi connectivity index (χ1n) is 5.59. The zero-order chi connectivity index (χ0) is 14.7. The van der Waals surface area contributed by atoms with Crippen molar-refractivity contribution in [3.63, 3.8) is 0 Å². The van der Waals surface area contributed by atoms with Gasteiger partial charge in [-0.2, -0.15) is 9.49 Å². The second kappa shape index (κ2) is 7.32. The number of carbonyl (C=O) groups is 1. The van der Waals surface area contributed by atoms with Crippen LogP contribution in [-0.4, -0.2) is 22.1 Å². The van der Waals surface area contributed by atoms with Crippen molar-refractivity contribution in [1.82, 2.24) is 9.78 Å². The van der Waals surface area contributed by atoms with Crippen LogP contribution in [0.2, 0.25) is 0 Å².